The average molecular weight is 172 g/mol. The third kappa shape index (κ3) is 3.01. The fourth-order valence-corrected chi connectivity index (χ4v) is 2.16. The van der Waals surface area contributed by atoms with Crippen LogP contribution in [0.3, 0.4) is 0 Å². The molecule has 0 heterocycles. The Morgan fingerprint density at radius 3 is 1.82 bits per heavy atom. The minimum atomic E-state index is -2.01. The topological polar surface area (TPSA) is 56.3 Å². The van der Waals surface area contributed by atoms with E-state index in [1.54, 1.807) is 11.4 Å². The summed E-state index contributed by atoms with van der Waals surface area (Å²) in [5, 5.41) is 16.6. The van der Waals surface area contributed by atoms with Gasteiger partial charge in [-0.1, -0.05) is 0 Å². The Kier molecular flexibility index (Phi) is 4.17. The highest BCUT2D eigenvalue weighted by Gasteiger charge is 2.19. The molecule has 48 valence electrons. The Morgan fingerprint density at radius 1 is 1.09 bits per heavy atom. The van der Waals surface area contributed by atoms with Crippen LogP contribution in [0.1, 0.15) is 0 Å². The minimum absolute atomic E-state index is 1.72. The summed E-state index contributed by atoms with van der Waals surface area (Å²) in [6.45, 7) is 13.0. The molecule has 0 fully saturated rings. The van der Waals surface area contributed by atoms with E-state index in [-0.39, 0.29) is 0 Å². The van der Waals surface area contributed by atoms with Gasteiger partial charge in [-0.25, -0.2) is 0 Å². The van der Waals surface area contributed by atoms with E-state index >= 15 is 0 Å². The highest BCUT2D eigenvalue weighted by atomic mass is 28.3. The zero-order chi connectivity index (χ0) is 8.69. The number of hydrogen-bond acceptors (Lipinski definition) is 2. The maximum atomic E-state index is 8.29. The van der Waals surface area contributed by atoms with Gasteiger partial charge in [0.1, 0.15) is 0 Å². The molecule has 11 heavy (non-hydrogen) atoms. The van der Waals surface area contributed by atoms with Crippen LogP contribution in [0, 0.1) is 35.1 Å². The van der Waals surface area contributed by atoms with Crippen molar-refractivity contribution in [2.45, 2.75) is 0 Å². The summed E-state index contributed by atoms with van der Waals surface area (Å²) in [7, 11) is -3.98. The Bertz CT molecular complexity index is 320. The zero-order valence-electron chi connectivity index (χ0n) is 5.29. The van der Waals surface area contributed by atoms with Crippen molar-refractivity contribution < 1.29 is 0 Å². The second kappa shape index (κ2) is 5.00. The molecule has 6 heteroatoms. The van der Waals surface area contributed by atoms with Crippen molar-refractivity contribution >= 4 is 22.1 Å². The smallest absolute Gasteiger partial charge is 0.301 e. The predicted molar refractivity (Wildman–Crippen MR) is 40.9 cm³/mol. The minimum Gasteiger partial charge on any atom is -0.301 e. The monoisotopic (exact) mass is 172 g/mol. The van der Waals surface area contributed by atoms with Crippen LogP contribution in [-0.4, -0.2) is 22.1 Å². The van der Waals surface area contributed by atoms with Crippen molar-refractivity contribution in [3.63, 3.8) is 0 Å². The highest BCUT2D eigenvalue weighted by Crippen LogP contribution is 1.69. The molecule has 0 radical (unpaired) electrons. The summed E-state index contributed by atoms with van der Waals surface area (Å²) in [4.78, 5) is 2.43. The maximum Gasteiger partial charge on any atom is 1.01 e. The lowest BCUT2D eigenvalue weighted by molar-refractivity contribution is 1.55. The lowest BCUT2D eigenvalue weighted by atomic mass is 11.7. The van der Waals surface area contributed by atoms with Crippen molar-refractivity contribution in [1.82, 2.24) is 0 Å². The van der Waals surface area contributed by atoms with E-state index in [1.807, 2.05) is 0 Å². The number of hydrogen-bond donors (Lipinski definition) is 0. The van der Waals surface area contributed by atoms with E-state index < -0.39 is 17.1 Å². The third-order valence-corrected chi connectivity index (χ3v) is 3.44. The van der Waals surface area contributed by atoms with E-state index in [4.69, 9.17) is 23.7 Å². The second-order valence-corrected chi connectivity index (χ2v) is 4.56. The standard InChI is InChI=1S/C5N4Si2/c1-8-11(9-2)5-10(3-6)4-7. The van der Waals surface area contributed by atoms with Crippen LogP contribution in [0.15, 0.2) is 0 Å². The van der Waals surface area contributed by atoms with Gasteiger partial charge in [-0.05, 0) is 0 Å². The summed E-state index contributed by atoms with van der Waals surface area (Å²) in [5.41, 5.74) is 3.44. The van der Waals surface area contributed by atoms with Gasteiger partial charge in [0.05, 0.1) is 11.4 Å². The largest absolute Gasteiger partial charge is 1.01 e. The van der Waals surface area contributed by atoms with Gasteiger partial charge >= 0.3 is 17.1 Å². The van der Waals surface area contributed by atoms with Crippen molar-refractivity contribution in [3.05, 3.63) is 22.2 Å². The van der Waals surface area contributed by atoms with Crippen LogP contribution in [0.5, 0.6) is 0 Å². The van der Waals surface area contributed by atoms with Gasteiger partial charge in [-0.3, -0.25) is 13.1 Å². The third-order valence-electron chi connectivity index (χ3n) is 0.672. The van der Waals surface area contributed by atoms with Crippen LogP contribution >= 0.6 is 0 Å². The SMILES string of the molecule is [C-]#[N+][Si](=C=[Si](C#N)C#N)[N+]#[C-]. The first-order chi connectivity index (χ1) is 5.28. The van der Waals surface area contributed by atoms with Gasteiger partial charge in [-0.15, -0.1) is 0 Å². The normalized spacial score (nSPS) is 5.45. The quantitative estimate of drug-likeness (QED) is 0.373. The first-order valence-corrected chi connectivity index (χ1v) is 5.24. The van der Waals surface area contributed by atoms with Gasteiger partial charge in [0.25, 0.3) is 0 Å². The van der Waals surface area contributed by atoms with Gasteiger partial charge in [0, 0.05) is 4.92 Å². The molecular formula is C5N4Si2. The maximum absolute atomic E-state index is 8.29. The summed E-state index contributed by atoms with van der Waals surface area (Å²) in [5.74, 6) is 0. The molecule has 0 aromatic carbocycles. The Morgan fingerprint density at radius 2 is 1.55 bits per heavy atom. The lowest BCUT2D eigenvalue weighted by Gasteiger charge is -1.60. The highest BCUT2D eigenvalue weighted by molar-refractivity contribution is 6.91. The molecular weight excluding hydrogens is 172 g/mol. The van der Waals surface area contributed by atoms with Crippen molar-refractivity contribution in [1.29, 1.82) is 10.5 Å². The molecule has 0 saturated carbocycles. The molecule has 0 aliphatic rings. The van der Waals surface area contributed by atoms with E-state index in [9.17, 15) is 0 Å². The molecule has 0 unspecified atom stereocenters. The molecule has 0 amide bonds. The second-order valence-electron chi connectivity index (χ2n) is 1.27. The van der Waals surface area contributed by atoms with Gasteiger partial charge in [0.2, 0.25) is 0 Å². The fourth-order valence-electron chi connectivity index (χ4n) is 0.274. The summed E-state index contributed by atoms with van der Waals surface area (Å²) < 4.78 is 5.90. The van der Waals surface area contributed by atoms with Crippen LogP contribution < -0.4 is 0 Å². The Hall–Kier alpha value is -1.83. The molecule has 0 saturated heterocycles. The molecule has 0 bridgehead atoms. The fraction of sp³-hybridized carbons (Fsp3) is 0. The Balaban J connectivity index is 5.31. The van der Waals surface area contributed by atoms with Gasteiger partial charge in [-0.2, -0.15) is 10.5 Å². The van der Waals surface area contributed by atoms with Crippen LogP contribution in [0.2, 0.25) is 0 Å². The number of nitrogens with zero attached hydrogens (tertiary/aromatic N) is 4. The van der Waals surface area contributed by atoms with Gasteiger partial charge in [0.15, 0.2) is 0 Å². The molecule has 0 aliphatic carbocycles. The van der Waals surface area contributed by atoms with Crippen LogP contribution in [0.25, 0.3) is 9.02 Å². The van der Waals surface area contributed by atoms with Crippen molar-refractivity contribution in [2.75, 3.05) is 0 Å². The van der Waals surface area contributed by atoms with Crippen molar-refractivity contribution in [2.24, 2.45) is 0 Å². The summed E-state index contributed by atoms with van der Waals surface area (Å²) >= 11 is 0. The molecule has 0 aromatic heterocycles. The van der Waals surface area contributed by atoms with E-state index in [1.165, 1.54) is 0 Å². The predicted octanol–water partition coefficient (Wildman–Crippen LogP) is -0.266. The molecule has 0 rings (SSSR count). The van der Waals surface area contributed by atoms with E-state index in [0.717, 1.165) is 0 Å². The summed E-state index contributed by atoms with van der Waals surface area (Å²) in [6.07, 6.45) is 0. The van der Waals surface area contributed by atoms with Crippen LogP contribution in [-0.2, 0) is 0 Å². The van der Waals surface area contributed by atoms with Gasteiger partial charge < -0.3 is 9.02 Å². The van der Waals surface area contributed by atoms with E-state index in [0.29, 0.717) is 0 Å². The number of nitriles is 2. The first-order valence-electron chi connectivity index (χ1n) is 2.34. The molecule has 0 aromatic rings. The molecule has 0 spiro atoms. The molecule has 0 aliphatic heterocycles. The molecule has 4 nitrogen and oxygen atoms in total. The Labute approximate surface area is 66.8 Å². The lowest BCUT2D eigenvalue weighted by Crippen LogP contribution is -1.99. The molecule has 0 atom stereocenters. The average Bonchev–Trinajstić information content (AvgIpc) is 2.07. The van der Waals surface area contributed by atoms with Crippen molar-refractivity contribution in [3.8, 4) is 11.4 Å². The molecule has 0 N–H and O–H groups in total. The zero-order valence-corrected chi connectivity index (χ0v) is 7.29. The summed E-state index contributed by atoms with van der Waals surface area (Å²) in [6, 6.07) is 0. The number of rotatable bonds is 0. The first kappa shape index (κ1) is 9.17. The van der Waals surface area contributed by atoms with E-state index in [2.05, 4.69) is 13.9 Å². The van der Waals surface area contributed by atoms with Crippen LogP contribution in [0.4, 0.5) is 0 Å².